The quantitative estimate of drug-likeness (QED) is 0.534. The summed E-state index contributed by atoms with van der Waals surface area (Å²) in [6.07, 6.45) is -9.45. The van der Waals surface area contributed by atoms with Crippen molar-refractivity contribution in [2.24, 2.45) is 5.92 Å². The van der Waals surface area contributed by atoms with Gasteiger partial charge in [0, 0.05) is 12.1 Å². The zero-order valence-corrected chi connectivity index (χ0v) is 18.1. The normalized spacial score (nSPS) is 19.0. The van der Waals surface area contributed by atoms with Crippen LogP contribution in [0, 0.1) is 5.92 Å². The van der Waals surface area contributed by atoms with Crippen LogP contribution < -0.4 is 10.1 Å². The second-order valence-electron chi connectivity index (χ2n) is 7.43. The van der Waals surface area contributed by atoms with Gasteiger partial charge in [0.25, 0.3) is 5.91 Å². The number of amides is 1. The van der Waals surface area contributed by atoms with Crippen LogP contribution in [0.4, 0.5) is 26.3 Å². The van der Waals surface area contributed by atoms with E-state index in [0.29, 0.717) is 6.07 Å². The van der Waals surface area contributed by atoms with Gasteiger partial charge in [0.05, 0.1) is 20.7 Å². The zero-order chi connectivity index (χ0) is 24.6. The number of carbonyl (C=O) groups excluding carboxylic acids is 1. The Morgan fingerprint density at radius 3 is 2.33 bits per heavy atom. The van der Waals surface area contributed by atoms with E-state index >= 15 is 0 Å². The number of hydrogen-bond acceptors (Lipinski definition) is 4. The molecule has 1 fully saturated rings. The molecule has 1 amide bonds. The van der Waals surface area contributed by atoms with Gasteiger partial charge in [-0.1, -0.05) is 17.7 Å². The second-order valence-corrected chi connectivity index (χ2v) is 10.1. The molecule has 0 aromatic heterocycles. The van der Waals surface area contributed by atoms with Gasteiger partial charge in [-0.25, -0.2) is 8.42 Å². The molecule has 13 heteroatoms. The number of sulfone groups is 1. The molecule has 0 bridgehead atoms. The third kappa shape index (κ3) is 6.11. The molecule has 0 saturated heterocycles. The van der Waals surface area contributed by atoms with E-state index in [1.165, 1.54) is 6.07 Å². The number of hydrogen-bond donors (Lipinski definition) is 1. The van der Waals surface area contributed by atoms with Crippen LogP contribution in [0.3, 0.4) is 0 Å². The van der Waals surface area contributed by atoms with Crippen molar-refractivity contribution in [1.82, 2.24) is 5.32 Å². The molecule has 0 atom stereocenters. The van der Waals surface area contributed by atoms with E-state index in [4.69, 9.17) is 11.6 Å². The van der Waals surface area contributed by atoms with Crippen molar-refractivity contribution in [2.45, 2.75) is 35.5 Å². The number of benzene rings is 2. The van der Waals surface area contributed by atoms with Crippen molar-refractivity contribution in [1.29, 1.82) is 0 Å². The molecule has 0 heterocycles. The standard InChI is InChI=1S/C20H16ClF6NO4S/c21-16-5-4-12(8-17(16)32-20(25,26)27)18(29)28-10-11-6-15(7-11)33(30,31)14-3-1-2-13(9-14)19(22,23)24/h1-5,8-9,11,15H,6-7,10H2,(H,28,29). The maximum absolute atomic E-state index is 12.9. The van der Waals surface area contributed by atoms with Gasteiger partial charge in [-0.05, 0) is 55.2 Å². The maximum Gasteiger partial charge on any atom is 0.573 e. The highest BCUT2D eigenvalue weighted by molar-refractivity contribution is 7.92. The highest BCUT2D eigenvalue weighted by Gasteiger charge is 2.40. The highest BCUT2D eigenvalue weighted by Crippen LogP contribution is 2.38. The van der Waals surface area contributed by atoms with E-state index in [-0.39, 0.29) is 35.9 Å². The van der Waals surface area contributed by atoms with Gasteiger partial charge in [-0.2, -0.15) is 13.2 Å². The molecule has 1 saturated carbocycles. The first-order valence-corrected chi connectivity index (χ1v) is 11.3. The SMILES string of the molecule is O=C(NCC1CC(S(=O)(=O)c2cccc(C(F)(F)F)c2)C1)c1ccc(Cl)c(OC(F)(F)F)c1. The lowest BCUT2D eigenvalue weighted by molar-refractivity contribution is -0.274. The molecule has 3 rings (SSSR count). The minimum atomic E-state index is -5.00. The van der Waals surface area contributed by atoms with E-state index in [9.17, 15) is 39.6 Å². The maximum atomic E-state index is 12.9. The largest absolute Gasteiger partial charge is 0.573 e. The van der Waals surface area contributed by atoms with Crippen LogP contribution in [0.5, 0.6) is 5.75 Å². The number of rotatable bonds is 6. The lowest BCUT2D eigenvalue weighted by Gasteiger charge is -2.35. The van der Waals surface area contributed by atoms with Crippen LogP contribution in [-0.4, -0.2) is 32.5 Å². The highest BCUT2D eigenvalue weighted by atomic mass is 35.5. The number of carbonyl (C=O) groups is 1. The summed E-state index contributed by atoms with van der Waals surface area (Å²) in [5.74, 6) is -1.73. The van der Waals surface area contributed by atoms with E-state index in [1.54, 1.807) is 0 Å². The fourth-order valence-corrected chi connectivity index (χ4v) is 5.47. The van der Waals surface area contributed by atoms with Crippen LogP contribution in [0.2, 0.25) is 5.02 Å². The molecule has 5 nitrogen and oxygen atoms in total. The molecule has 1 N–H and O–H groups in total. The van der Waals surface area contributed by atoms with Gasteiger partial charge in [0.2, 0.25) is 0 Å². The summed E-state index contributed by atoms with van der Waals surface area (Å²) in [5, 5.41) is 1.25. The van der Waals surface area contributed by atoms with Crippen molar-refractivity contribution < 1.29 is 44.3 Å². The lowest BCUT2D eigenvalue weighted by atomic mass is 9.85. The van der Waals surface area contributed by atoms with Crippen molar-refractivity contribution in [2.75, 3.05) is 6.54 Å². The minimum absolute atomic E-state index is 0.0333. The molecule has 0 spiro atoms. The van der Waals surface area contributed by atoms with Gasteiger partial charge >= 0.3 is 12.5 Å². The van der Waals surface area contributed by atoms with E-state index < -0.39 is 49.7 Å². The molecule has 0 unspecified atom stereocenters. The van der Waals surface area contributed by atoms with E-state index in [2.05, 4.69) is 10.1 Å². The van der Waals surface area contributed by atoms with Gasteiger partial charge in [-0.3, -0.25) is 4.79 Å². The van der Waals surface area contributed by atoms with Crippen LogP contribution in [0.15, 0.2) is 47.4 Å². The Hall–Kier alpha value is -2.47. The average molecular weight is 516 g/mol. The van der Waals surface area contributed by atoms with E-state index in [1.807, 2.05) is 0 Å². The average Bonchev–Trinajstić information content (AvgIpc) is 2.66. The first kappa shape index (κ1) is 25.2. The van der Waals surface area contributed by atoms with Crippen LogP contribution in [0.1, 0.15) is 28.8 Å². The van der Waals surface area contributed by atoms with Crippen LogP contribution >= 0.6 is 11.6 Å². The smallest absolute Gasteiger partial charge is 0.404 e. The summed E-state index contributed by atoms with van der Waals surface area (Å²) >= 11 is 5.63. The Morgan fingerprint density at radius 1 is 1.06 bits per heavy atom. The number of nitrogens with one attached hydrogen (secondary N) is 1. The minimum Gasteiger partial charge on any atom is -0.404 e. The Labute approximate surface area is 189 Å². The molecular formula is C20H16ClF6NO4S. The molecule has 33 heavy (non-hydrogen) atoms. The topological polar surface area (TPSA) is 72.5 Å². The zero-order valence-electron chi connectivity index (χ0n) is 16.5. The summed E-state index contributed by atoms with van der Waals surface area (Å²) in [5.41, 5.74) is -1.21. The Bertz CT molecular complexity index is 1140. The molecule has 1 aliphatic carbocycles. The van der Waals surface area contributed by atoms with Gasteiger partial charge in [-0.15, -0.1) is 13.2 Å². The summed E-state index contributed by atoms with van der Waals surface area (Å²) in [6.45, 7) is 0.0333. The summed E-state index contributed by atoms with van der Waals surface area (Å²) in [7, 11) is -3.99. The van der Waals surface area contributed by atoms with E-state index in [0.717, 1.165) is 30.3 Å². The van der Waals surface area contributed by atoms with Gasteiger partial charge < -0.3 is 10.1 Å². The Balaban J connectivity index is 1.58. The van der Waals surface area contributed by atoms with Crippen molar-refractivity contribution in [3.8, 4) is 5.75 Å². The molecule has 0 aliphatic heterocycles. The third-order valence-electron chi connectivity index (χ3n) is 5.09. The number of halogens is 7. The van der Waals surface area contributed by atoms with Crippen molar-refractivity contribution in [3.63, 3.8) is 0 Å². The van der Waals surface area contributed by atoms with Crippen LogP contribution in [-0.2, 0) is 16.0 Å². The first-order valence-electron chi connectivity index (χ1n) is 9.41. The first-order chi connectivity index (χ1) is 15.2. The van der Waals surface area contributed by atoms with Crippen molar-refractivity contribution >= 4 is 27.3 Å². The fourth-order valence-electron chi connectivity index (χ4n) is 3.32. The van der Waals surface area contributed by atoms with Gasteiger partial charge in [0.1, 0.15) is 5.75 Å². The molecular weight excluding hydrogens is 500 g/mol. The predicted octanol–water partition coefficient (Wildman–Crippen LogP) is 5.24. The Kier molecular flexibility index (Phi) is 6.90. The number of ether oxygens (including phenoxy) is 1. The van der Waals surface area contributed by atoms with Crippen molar-refractivity contribution in [3.05, 3.63) is 58.6 Å². The Morgan fingerprint density at radius 2 is 1.73 bits per heavy atom. The molecule has 2 aromatic carbocycles. The molecule has 2 aromatic rings. The third-order valence-corrected chi connectivity index (χ3v) is 7.58. The molecule has 1 aliphatic rings. The predicted molar refractivity (Wildman–Crippen MR) is 106 cm³/mol. The molecule has 0 radical (unpaired) electrons. The van der Waals surface area contributed by atoms with Gasteiger partial charge in [0.15, 0.2) is 9.84 Å². The monoisotopic (exact) mass is 515 g/mol. The summed E-state index contributed by atoms with van der Waals surface area (Å²) < 4.78 is 105. The summed E-state index contributed by atoms with van der Waals surface area (Å²) in [6, 6.07) is 6.58. The lowest BCUT2D eigenvalue weighted by Crippen LogP contribution is -2.42. The summed E-state index contributed by atoms with van der Waals surface area (Å²) in [4.78, 5) is 11.8. The number of alkyl halides is 6. The van der Waals surface area contributed by atoms with Crippen LogP contribution in [0.25, 0.3) is 0 Å². The second kappa shape index (κ2) is 9.05. The fraction of sp³-hybridized carbons (Fsp3) is 0.350. The molecule has 180 valence electrons.